The summed E-state index contributed by atoms with van der Waals surface area (Å²) in [5, 5.41) is 35.9. The minimum absolute atomic E-state index is 0.0611. The zero-order chi connectivity index (χ0) is 53.3. The molecule has 7 aromatic rings. The summed E-state index contributed by atoms with van der Waals surface area (Å²) in [5.41, 5.74) is 3.23. The van der Waals surface area contributed by atoms with Crippen LogP contribution in [0.15, 0.2) is 176 Å². The van der Waals surface area contributed by atoms with Gasteiger partial charge in [-0.1, -0.05) is 111 Å². The number of nitrogens with one attached hydrogen (secondary N) is 5. The van der Waals surface area contributed by atoms with Gasteiger partial charge < -0.3 is 35.8 Å². The van der Waals surface area contributed by atoms with Crippen molar-refractivity contribution in [2.75, 3.05) is 29.1 Å². The second kappa shape index (κ2) is 25.5. The van der Waals surface area contributed by atoms with Gasteiger partial charge in [-0.3, -0.25) is 34.6 Å². The fraction of sp³-hybridized carbons (Fsp3) is 0.203. The van der Waals surface area contributed by atoms with Gasteiger partial charge in [-0.25, -0.2) is 4.79 Å². The summed E-state index contributed by atoms with van der Waals surface area (Å²) in [5.74, 6) is -3.10. The molecule has 0 aliphatic carbocycles. The maximum absolute atomic E-state index is 14.3. The number of carbonyl (C=O) groups excluding carboxylic acids is 4. The average molecular weight is 1010 g/mol. The van der Waals surface area contributed by atoms with Crippen molar-refractivity contribution < 1.29 is 43.5 Å². The molecule has 16 heteroatoms. The van der Waals surface area contributed by atoms with E-state index in [0.717, 1.165) is 29.5 Å². The van der Waals surface area contributed by atoms with E-state index in [1.54, 1.807) is 26.0 Å². The molecule has 1 atom stereocenters. The highest BCUT2D eigenvalue weighted by atomic mass is 16.6. The van der Waals surface area contributed by atoms with Crippen molar-refractivity contribution in [3.8, 4) is 11.5 Å². The predicted octanol–water partition coefficient (Wildman–Crippen LogP) is 10.9. The Labute approximate surface area is 434 Å². The maximum atomic E-state index is 14.3. The summed E-state index contributed by atoms with van der Waals surface area (Å²) >= 11 is 0. The van der Waals surface area contributed by atoms with Crippen LogP contribution in [0.25, 0.3) is 0 Å². The topological polar surface area (TPSA) is 227 Å². The van der Waals surface area contributed by atoms with E-state index in [2.05, 4.69) is 33.5 Å². The maximum Gasteiger partial charge on any atom is 0.335 e. The molecule has 0 aliphatic heterocycles. The lowest BCUT2D eigenvalue weighted by molar-refractivity contribution is -0.384. The lowest BCUT2D eigenvalue weighted by Gasteiger charge is -2.37. The summed E-state index contributed by atoms with van der Waals surface area (Å²) in [6.07, 6.45) is 2.19. The van der Waals surface area contributed by atoms with Crippen LogP contribution >= 0.6 is 0 Å². The van der Waals surface area contributed by atoms with Crippen molar-refractivity contribution in [1.82, 2.24) is 10.6 Å². The van der Waals surface area contributed by atoms with Crippen molar-refractivity contribution >= 4 is 52.3 Å². The highest BCUT2D eigenvalue weighted by Gasteiger charge is 2.36. The summed E-state index contributed by atoms with van der Waals surface area (Å²) < 4.78 is 12.5. The highest BCUT2D eigenvalue weighted by Crippen LogP contribution is 2.41. The van der Waals surface area contributed by atoms with Crippen LogP contribution in [0, 0.1) is 10.1 Å². The molecule has 4 amide bonds. The first-order chi connectivity index (χ1) is 36.3. The Bertz CT molecular complexity index is 2990. The number of nitrogens with zero attached hydrogens (tertiary/aromatic N) is 1. The van der Waals surface area contributed by atoms with Crippen molar-refractivity contribution in [3.05, 3.63) is 225 Å². The Morgan fingerprint density at radius 2 is 1.12 bits per heavy atom. The van der Waals surface area contributed by atoms with Gasteiger partial charge in [-0.2, -0.15) is 0 Å². The van der Waals surface area contributed by atoms with Gasteiger partial charge in [0.1, 0.15) is 6.04 Å². The summed E-state index contributed by atoms with van der Waals surface area (Å²) in [7, 11) is 0. The third-order valence-corrected chi connectivity index (χ3v) is 12.2. The normalized spacial score (nSPS) is 11.5. The molecule has 0 saturated carbocycles. The van der Waals surface area contributed by atoms with Crippen LogP contribution in [-0.4, -0.2) is 64.9 Å². The quantitative estimate of drug-likeness (QED) is 0.0144. The molecular weight excluding hydrogens is 953 g/mol. The summed E-state index contributed by atoms with van der Waals surface area (Å²) in [4.78, 5) is 78.0. The second-order valence-corrected chi connectivity index (χ2v) is 17.8. The van der Waals surface area contributed by atoms with Crippen LogP contribution in [0.3, 0.4) is 0 Å². The minimum atomic E-state index is -1.12. The van der Waals surface area contributed by atoms with E-state index in [-0.39, 0.29) is 64.7 Å². The van der Waals surface area contributed by atoms with Gasteiger partial charge in [-0.05, 0) is 123 Å². The first-order valence-corrected chi connectivity index (χ1v) is 24.6. The average Bonchev–Trinajstić information content (AvgIpc) is 3.42. The Morgan fingerprint density at radius 3 is 1.64 bits per heavy atom. The fourth-order valence-corrected chi connectivity index (χ4v) is 8.41. The van der Waals surface area contributed by atoms with E-state index < -0.39 is 52.2 Å². The number of non-ortho nitro benzene ring substituents is 1. The molecule has 0 spiro atoms. The number of benzene rings is 7. The number of anilines is 3. The number of carboxylic acid groups (broad SMARTS) is 1. The highest BCUT2D eigenvalue weighted by molar-refractivity contribution is 6.10. The number of carboxylic acids is 1. The molecule has 6 N–H and O–H groups in total. The van der Waals surface area contributed by atoms with Crippen molar-refractivity contribution in [2.24, 2.45) is 0 Å². The molecule has 0 unspecified atom stereocenters. The molecule has 384 valence electrons. The van der Waals surface area contributed by atoms with Crippen LogP contribution in [0.5, 0.6) is 11.5 Å². The fourth-order valence-electron chi connectivity index (χ4n) is 8.41. The van der Waals surface area contributed by atoms with Gasteiger partial charge in [0.25, 0.3) is 23.4 Å². The number of nitro benzene ring substituents is 1. The molecule has 7 aromatic carbocycles. The first kappa shape index (κ1) is 53.6. The number of unbranched alkanes of at least 4 members (excludes halogenated alkanes) is 2. The number of ether oxygens (including phenoxy) is 2. The molecule has 0 heterocycles. The van der Waals surface area contributed by atoms with Crippen LogP contribution in [0.1, 0.15) is 105 Å². The summed E-state index contributed by atoms with van der Waals surface area (Å²) in [6, 6.07) is 48.7. The molecule has 16 nitrogen and oxygen atoms in total. The zero-order valence-electron chi connectivity index (χ0n) is 41.7. The molecule has 0 saturated heterocycles. The van der Waals surface area contributed by atoms with E-state index in [4.69, 9.17) is 9.47 Å². The van der Waals surface area contributed by atoms with Gasteiger partial charge in [0.2, 0.25) is 5.91 Å². The number of aromatic carboxylic acids is 1. The predicted molar refractivity (Wildman–Crippen MR) is 288 cm³/mol. The molecule has 0 fully saturated rings. The van der Waals surface area contributed by atoms with Gasteiger partial charge in [0, 0.05) is 34.6 Å². The SMILES string of the molecule is CCCCCOc1c(C(=O)Nc2ccc(C(=O)O)cc2)ccc(NC(=O)c2ccc(NC(=O)[C@H](CCNC(c3ccccc3)(c3ccccc3)c3ccccc3)NC(=O)c3ccc([N+](=O)[O-])cc3)cc2)c1OC(C)C. The van der Waals surface area contributed by atoms with Gasteiger partial charge in [0.15, 0.2) is 11.5 Å². The summed E-state index contributed by atoms with van der Waals surface area (Å²) in [6.45, 7) is 6.13. The number of amides is 4. The zero-order valence-corrected chi connectivity index (χ0v) is 41.7. The number of nitro groups is 1. The van der Waals surface area contributed by atoms with Crippen LogP contribution in [0.2, 0.25) is 0 Å². The Balaban J connectivity index is 1.12. The number of hydrogen-bond acceptors (Lipinski definition) is 10. The van der Waals surface area contributed by atoms with Crippen molar-refractivity contribution in [3.63, 3.8) is 0 Å². The van der Waals surface area contributed by atoms with Crippen LogP contribution in [-0.2, 0) is 10.3 Å². The first-order valence-electron chi connectivity index (χ1n) is 24.6. The Hall–Kier alpha value is -9.15. The molecular formula is C59H58N6O10. The van der Waals surface area contributed by atoms with Crippen LogP contribution in [0.4, 0.5) is 22.7 Å². The minimum Gasteiger partial charge on any atom is -0.489 e. The molecule has 0 aromatic heterocycles. The monoisotopic (exact) mass is 1010 g/mol. The lowest BCUT2D eigenvalue weighted by atomic mass is 9.77. The molecule has 7 rings (SSSR count). The van der Waals surface area contributed by atoms with Gasteiger partial charge >= 0.3 is 5.97 Å². The van der Waals surface area contributed by atoms with Gasteiger partial charge in [0.05, 0.1) is 40.0 Å². The molecule has 0 radical (unpaired) electrons. The molecule has 0 bridgehead atoms. The third-order valence-electron chi connectivity index (χ3n) is 12.2. The number of rotatable bonds is 24. The standard InChI is InChI=1S/C59H58N6O10/c1-4-5-15-38-74-52-49(56(68)61-46-30-24-42(25-31-46)58(70)71)34-35-50(53(52)75-39(2)3)63-54(66)40-22-28-47(29-23-40)62-57(69)51(64-55(67)41-26-32-48(33-27-41)65(72)73)36-37-60-59(43-16-9-6-10-17-43,44-18-11-7-12-19-44)45-20-13-8-14-21-45/h6-14,16-35,39,51,60H,4-5,15,36-38H2,1-3H3,(H,61,68)(H,62,69)(H,63,66)(H,64,67)(H,70,71)/t51-/m0/s1. The van der Waals surface area contributed by atoms with E-state index in [1.807, 2.05) is 91.0 Å². The second-order valence-electron chi connectivity index (χ2n) is 17.8. The van der Waals surface area contributed by atoms with E-state index in [1.165, 1.54) is 72.8 Å². The van der Waals surface area contributed by atoms with E-state index in [9.17, 15) is 39.2 Å². The van der Waals surface area contributed by atoms with Crippen LogP contribution < -0.4 is 36.1 Å². The van der Waals surface area contributed by atoms with Gasteiger partial charge in [-0.15, -0.1) is 0 Å². The van der Waals surface area contributed by atoms with E-state index >= 15 is 0 Å². The smallest absolute Gasteiger partial charge is 0.335 e. The third kappa shape index (κ3) is 13.7. The Kier molecular flexibility index (Phi) is 18.2. The lowest BCUT2D eigenvalue weighted by Crippen LogP contribution is -2.49. The molecule has 75 heavy (non-hydrogen) atoms. The van der Waals surface area contributed by atoms with Crippen molar-refractivity contribution in [2.45, 2.75) is 64.1 Å². The van der Waals surface area contributed by atoms with Crippen molar-refractivity contribution in [1.29, 1.82) is 0 Å². The number of carbonyl (C=O) groups is 5. The molecule has 0 aliphatic rings. The number of hydrogen-bond donors (Lipinski definition) is 6. The Morgan fingerprint density at radius 1 is 0.600 bits per heavy atom. The van der Waals surface area contributed by atoms with E-state index in [0.29, 0.717) is 17.8 Å². The largest absolute Gasteiger partial charge is 0.489 e.